The maximum absolute atomic E-state index is 12.1. The highest BCUT2D eigenvalue weighted by Gasteiger charge is 2.31. The Bertz CT molecular complexity index is 576. The summed E-state index contributed by atoms with van der Waals surface area (Å²) in [6, 6.07) is 0. The molecule has 2 aliphatic heterocycles. The van der Waals surface area contributed by atoms with Crippen LogP contribution in [0, 0.1) is 5.92 Å². The number of hydrazone groups is 1. The van der Waals surface area contributed by atoms with Gasteiger partial charge in [-0.1, -0.05) is 26.0 Å². The maximum Gasteiger partial charge on any atom is 0.316 e. The van der Waals surface area contributed by atoms with Gasteiger partial charge in [0, 0.05) is 26.9 Å². The first-order chi connectivity index (χ1) is 12.1. The van der Waals surface area contributed by atoms with Crippen LogP contribution in [0.3, 0.4) is 0 Å². The van der Waals surface area contributed by atoms with Crippen LogP contribution in [0.2, 0.25) is 0 Å². The molecule has 2 heterocycles. The van der Waals surface area contributed by atoms with E-state index in [4.69, 9.17) is 4.74 Å². The van der Waals surface area contributed by atoms with E-state index in [0.717, 1.165) is 5.70 Å². The largest absolute Gasteiger partial charge is 0.465 e. The summed E-state index contributed by atoms with van der Waals surface area (Å²) in [5.74, 6) is -0.239. The van der Waals surface area contributed by atoms with Gasteiger partial charge in [0.2, 0.25) is 0 Å². The molecule has 0 aromatic rings. The molecular weight excluding hydrogens is 318 g/mol. The first-order valence-corrected chi connectivity index (χ1v) is 8.71. The summed E-state index contributed by atoms with van der Waals surface area (Å²) in [5.41, 5.74) is 0.888. The topological polar surface area (TPSA) is 69.9 Å². The summed E-state index contributed by atoms with van der Waals surface area (Å²) in [4.78, 5) is 22.6. The summed E-state index contributed by atoms with van der Waals surface area (Å²) in [7, 11) is 3.74. The first kappa shape index (κ1) is 20.6. The third-order valence-corrected chi connectivity index (χ3v) is 3.29. The molecule has 0 saturated carbocycles. The zero-order valence-corrected chi connectivity index (χ0v) is 15.8. The summed E-state index contributed by atoms with van der Waals surface area (Å²) in [6.45, 7) is 7.43. The number of amidine groups is 1. The number of carbonyl (C=O) groups excluding carboxylic acids is 1. The Labute approximate surface area is 150 Å². The number of rotatable bonds is 4. The van der Waals surface area contributed by atoms with Gasteiger partial charge in [0.15, 0.2) is 5.84 Å². The quantitative estimate of drug-likeness (QED) is 0.445. The zero-order valence-electron chi connectivity index (χ0n) is 15.8. The van der Waals surface area contributed by atoms with Gasteiger partial charge in [-0.05, 0) is 19.4 Å². The van der Waals surface area contributed by atoms with E-state index in [1.165, 1.54) is 0 Å². The number of nitrogens with zero attached hydrogens (tertiary/aromatic N) is 5. The molecule has 0 N–H and O–H groups in total. The van der Waals surface area contributed by atoms with Crippen LogP contribution in [0.25, 0.3) is 0 Å². The van der Waals surface area contributed by atoms with Gasteiger partial charge < -0.3 is 9.64 Å². The van der Waals surface area contributed by atoms with Gasteiger partial charge in [-0.25, -0.2) is 4.99 Å². The average Bonchev–Trinajstić information content (AvgIpc) is 2.91. The van der Waals surface area contributed by atoms with Crippen molar-refractivity contribution in [2.75, 3.05) is 33.8 Å². The Kier molecular flexibility index (Phi) is 9.21. The fourth-order valence-corrected chi connectivity index (χ4v) is 2.20. The number of aliphatic imine (C=N–C) groups is 2. The first-order valence-electron chi connectivity index (χ1n) is 8.71. The van der Waals surface area contributed by atoms with Crippen LogP contribution < -0.4 is 0 Å². The molecule has 7 heteroatoms. The number of hydrogen-bond donors (Lipinski definition) is 0. The molecule has 138 valence electrons. The van der Waals surface area contributed by atoms with Crippen molar-refractivity contribution in [3.8, 4) is 0 Å². The highest BCUT2D eigenvalue weighted by Crippen LogP contribution is 2.20. The van der Waals surface area contributed by atoms with Crippen molar-refractivity contribution >= 4 is 24.4 Å². The smallest absolute Gasteiger partial charge is 0.316 e. The van der Waals surface area contributed by atoms with Crippen molar-refractivity contribution in [1.82, 2.24) is 9.91 Å². The fourth-order valence-electron chi connectivity index (χ4n) is 2.20. The van der Waals surface area contributed by atoms with E-state index in [0.29, 0.717) is 32.0 Å². The van der Waals surface area contributed by atoms with Gasteiger partial charge in [0.25, 0.3) is 0 Å². The molecule has 0 aromatic heterocycles. The summed E-state index contributed by atoms with van der Waals surface area (Å²) in [5, 5.41) is 6.37. The fraction of sp³-hybridized carbons (Fsp3) is 0.556. The van der Waals surface area contributed by atoms with E-state index in [2.05, 4.69) is 15.1 Å². The second kappa shape index (κ2) is 11.2. The molecule has 0 fully saturated rings. The Hall–Kier alpha value is -2.44. The number of esters is 1. The van der Waals surface area contributed by atoms with Gasteiger partial charge in [-0.3, -0.25) is 14.8 Å². The van der Waals surface area contributed by atoms with Crippen molar-refractivity contribution in [2.45, 2.75) is 27.2 Å². The molecule has 0 radical (unpaired) electrons. The van der Waals surface area contributed by atoms with Crippen LogP contribution in [-0.2, 0) is 9.53 Å². The van der Waals surface area contributed by atoms with Crippen molar-refractivity contribution in [1.29, 1.82) is 0 Å². The average molecular weight is 347 g/mol. The van der Waals surface area contributed by atoms with Crippen LogP contribution in [-0.4, -0.2) is 68.1 Å². The van der Waals surface area contributed by atoms with Crippen LogP contribution in [0.1, 0.15) is 27.2 Å². The molecule has 0 saturated heterocycles. The summed E-state index contributed by atoms with van der Waals surface area (Å²) < 4.78 is 5.14. The Balaban J connectivity index is 0.00000151. The Morgan fingerprint density at radius 2 is 2.24 bits per heavy atom. The highest BCUT2D eigenvalue weighted by atomic mass is 16.5. The van der Waals surface area contributed by atoms with Gasteiger partial charge >= 0.3 is 5.97 Å². The SMILES string of the molecule is CC.CCOC(=O)C1CCN(C2=CC=CCN=C2)N=C1N=CN(C)C. The molecule has 0 amide bonds. The van der Waals surface area contributed by atoms with Gasteiger partial charge in [0.1, 0.15) is 5.92 Å². The minimum absolute atomic E-state index is 0.273. The van der Waals surface area contributed by atoms with E-state index in [-0.39, 0.29) is 5.97 Å². The van der Waals surface area contributed by atoms with Crippen LogP contribution in [0.15, 0.2) is 39.0 Å². The number of carbonyl (C=O) groups is 1. The molecule has 0 aromatic carbocycles. The van der Waals surface area contributed by atoms with Crippen LogP contribution >= 0.6 is 0 Å². The van der Waals surface area contributed by atoms with Crippen molar-refractivity contribution in [3.63, 3.8) is 0 Å². The van der Waals surface area contributed by atoms with Crippen molar-refractivity contribution in [2.24, 2.45) is 21.0 Å². The van der Waals surface area contributed by atoms with E-state index < -0.39 is 5.92 Å². The van der Waals surface area contributed by atoms with E-state index in [1.807, 2.05) is 51.2 Å². The van der Waals surface area contributed by atoms with E-state index in [9.17, 15) is 4.79 Å². The Morgan fingerprint density at radius 3 is 2.92 bits per heavy atom. The second-order valence-electron chi connectivity index (χ2n) is 5.40. The molecule has 25 heavy (non-hydrogen) atoms. The Morgan fingerprint density at radius 1 is 1.48 bits per heavy atom. The summed E-state index contributed by atoms with van der Waals surface area (Å²) >= 11 is 0. The molecule has 0 aliphatic carbocycles. The van der Waals surface area contributed by atoms with Crippen molar-refractivity contribution in [3.05, 3.63) is 23.9 Å². The molecule has 0 spiro atoms. The molecule has 7 nitrogen and oxygen atoms in total. The third kappa shape index (κ3) is 6.52. The lowest BCUT2D eigenvalue weighted by molar-refractivity contribution is -0.146. The molecule has 1 unspecified atom stereocenters. The third-order valence-electron chi connectivity index (χ3n) is 3.29. The van der Waals surface area contributed by atoms with Gasteiger partial charge in [-0.15, -0.1) is 0 Å². The highest BCUT2D eigenvalue weighted by molar-refractivity contribution is 6.04. The lowest BCUT2D eigenvalue weighted by Gasteiger charge is -2.28. The molecule has 2 rings (SSSR count). The van der Waals surface area contributed by atoms with Crippen molar-refractivity contribution < 1.29 is 9.53 Å². The molecule has 2 aliphatic rings. The standard InChI is InChI=1S/C16H23N5O2.C2H6/c1-4-23-16(22)14-8-10-21(13-7-5-6-9-17-11-13)19-15(14)18-12-20(2)3;1-2/h5-7,11-12,14H,4,8-10H2,1-3H3;1-2H3. The van der Waals surface area contributed by atoms with Crippen LogP contribution in [0.4, 0.5) is 0 Å². The van der Waals surface area contributed by atoms with Gasteiger partial charge in [0.05, 0.1) is 25.2 Å². The molecule has 1 atom stereocenters. The lowest BCUT2D eigenvalue weighted by Crippen LogP contribution is -2.36. The molecule has 0 bridgehead atoms. The summed E-state index contributed by atoms with van der Waals surface area (Å²) in [6.07, 6.45) is 9.93. The second-order valence-corrected chi connectivity index (χ2v) is 5.40. The maximum atomic E-state index is 12.1. The number of hydrogen-bond acceptors (Lipinski definition) is 6. The van der Waals surface area contributed by atoms with Crippen LogP contribution in [0.5, 0.6) is 0 Å². The van der Waals surface area contributed by atoms with Gasteiger partial charge in [-0.2, -0.15) is 5.10 Å². The minimum Gasteiger partial charge on any atom is -0.465 e. The zero-order chi connectivity index (χ0) is 18.7. The minimum atomic E-state index is -0.429. The monoisotopic (exact) mass is 347 g/mol. The van der Waals surface area contributed by atoms with E-state index >= 15 is 0 Å². The molecular formula is C18H29N5O2. The lowest BCUT2D eigenvalue weighted by atomic mass is 10.0. The number of ether oxygens (including phenoxy) is 1. The normalized spacial score (nSPS) is 19.6. The predicted octanol–water partition coefficient (Wildman–Crippen LogP) is 2.33. The number of allylic oxidation sites excluding steroid dienone is 3. The predicted molar refractivity (Wildman–Crippen MR) is 103 cm³/mol. The van der Waals surface area contributed by atoms with E-state index in [1.54, 1.807) is 24.4 Å².